The highest BCUT2D eigenvalue weighted by Crippen LogP contribution is 2.32. The molecule has 3 rings (SSSR count). The summed E-state index contributed by atoms with van der Waals surface area (Å²) >= 11 is 0. The van der Waals surface area contributed by atoms with Gasteiger partial charge in [-0.1, -0.05) is 24.3 Å². The van der Waals surface area contributed by atoms with Crippen LogP contribution in [0.1, 0.15) is 30.0 Å². The van der Waals surface area contributed by atoms with Crippen LogP contribution < -0.4 is 0 Å². The SMILES string of the molecule is O=C(Cc1ccc(F)cc1)N1CCC[C@H]1c1ccc(F)cc1. The Labute approximate surface area is 128 Å². The fourth-order valence-electron chi connectivity index (χ4n) is 2.98. The molecule has 0 unspecified atom stereocenters. The molecule has 22 heavy (non-hydrogen) atoms. The van der Waals surface area contributed by atoms with Crippen molar-refractivity contribution in [1.29, 1.82) is 0 Å². The van der Waals surface area contributed by atoms with Crippen LogP contribution in [0.15, 0.2) is 48.5 Å². The Morgan fingerprint density at radius 2 is 1.59 bits per heavy atom. The van der Waals surface area contributed by atoms with E-state index in [4.69, 9.17) is 0 Å². The number of carbonyl (C=O) groups is 1. The van der Waals surface area contributed by atoms with Gasteiger partial charge in [0.2, 0.25) is 5.91 Å². The van der Waals surface area contributed by atoms with E-state index in [1.807, 2.05) is 4.90 Å². The van der Waals surface area contributed by atoms with Crippen molar-refractivity contribution in [3.8, 4) is 0 Å². The molecule has 0 N–H and O–H groups in total. The topological polar surface area (TPSA) is 20.3 Å². The van der Waals surface area contributed by atoms with Gasteiger partial charge in [-0.15, -0.1) is 0 Å². The minimum Gasteiger partial charge on any atom is -0.335 e. The molecule has 2 aromatic rings. The molecule has 114 valence electrons. The summed E-state index contributed by atoms with van der Waals surface area (Å²) in [5, 5.41) is 0. The Bertz CT molecular complexity index is 652. The summed E-state index contributed by atoms with van der Waals surface area (Å²) in [7, 11) is 0. The van der Waals surface area contributed by atoms with Crippen molar-refractivity contribution in [3.05, 3.63) is 71.3 Å². The summed E-state index contributed by atoms with van der Waals surface area (Å²) in [6, 6.07) is 12.3. The van der Waals surface area contributed by atoms with Gasteiger partial charge in [-0.3, -0.25) is 4.79 Å². The number of rotatable bonds is 3. The number of nitrogens with zero attached hydrogens (tertiary/aromatic N) is 1. The summed E-state index contributed by atoms with van der Waals surface area (Å²) in [6.45, 7) is 0.710. The second-order valence-corrected chi connectivity index (χ2v) is 5.60. The van der Waals surface area contributed by atoms with Crippen molar-refractivity contribution in [2.45, 2.75) is 25.3 Å². The zero-order valence-corrected chi connectivity index (χ0v) is 12.1. The number of halogens is 2. The van der Waals surface area contributed by atoms with E-state index in [1.54, 1.807) is 24.3 Å². The molecule has 1 atom stereocenters. The van der Waals surface area contributed by atoms with Crippen LogP contribution in [0.3, 0.4) is 0 Å². The van der Waals surface area contributed by atoms with Crippen LogP contribution >= 0.6 is 0 Å². The number of benzene rings is 2. The third-order valence-corrected chi connectivity index (χ3v) is 4.10. The van der Waals surface area contributed by atoms with Crippen LogP contribution in [0, 0.1) is 11.6 Å². The first-order valence-electron chi connectivity index (χ1n) is 7.43. The van der Waals surface area contributed by atoms with Crippen molar-refractivity contribution in [2.75, 3.05) is 6.54 Å². The van der Waals surface area contributed by atoms with Crippen LogP contribution in [0.2, 0.25) is 0 Å². The first kappa shape index (κ1) is 14.7. The molecule has 0 bridgehead atoms. The molecule has 1 heterocycles. The lowest BCUT2D eigenvalue weighted by Gasteiger charge is -2.25. The molecule has 1 saturated heterocycles. The molecule has 1 aliphatic rings. The molecule has 2 nitrogen and oxygen atoms in total. The first-order valence-corrected chi connectivity index (χ1v) is 7.43. The highest BCUT2D eigenvalue weighted by molar-refractivity contribution is 5.79. The van der Waals surface area contributed by atoms with E-state index in [-0.39, 0.29) is 30.0 Å². The van der Waals surface area contributed by atoms with Gasteiger partial charge in [0.05, 0.1) is 12.5 Å². The molecular weight excluding hydrogens is 284 g/mol. The van der Waals surface area contributed by atoms with Gasteiger partial charge in [-0.2, -0.15) is 0 Å². The van der Waals surface area contributed by atoms with E-state index < -0.39 is 0 Å². The lowest BCUT2D eigenvalue weighted by atomic mass is 10.0. The maximum absolute atomic E-state index is 13.0. The predicted molar refractivity (Wildman–Crippen MR) is 80.2 cm³/mol. The summed E-state index contributed by atoms with van der Waals surface area (Å²) in [4.78, 5) is 14.4. The van der Waals surface area contributed by atoms with Gasteiger partial charge < -0.3 is 4.90 Å². The zero-order valence-electron chi connectivity index (χ0n) is 12.1. The molecule has 0 aromatic heterocycles. The zero-order chi connectivity index (χ0) is 15.5. The minimum absolute atomic E-state index is 0.00792. The van der Waals surface area contributed by atoms with E-state index in [0.29, 0.717) is 6.54 Å². The van der Waals surface area contributed by atoms with Gasteiger partial charge in [-0.05, 0) is 48.2 Å². The van der Waals surface area contributed by atoms with E-state index in [0.717, 1.165) is 24.0 Å². The predicted octanol–water partition coefficient (Wildman–Crippen LogP) is 3.87. The highest BCUT2D eigenvalue weighted by Gasteiger charge is 2.29. The third kappa shape index (κ3) is 3.16. The largest absolute Gasteiger partial charge is 0.335 e. The number of amides is 1. The quantitative estimate of drug-likeness (QED) is 0.842. The lowest BCUT2D eigenvalue weighted by Crippen LogP contribution is -2.31. The molecule has 1 fully saturated rings. The average Bonchev–Trinajstić information content (AvgIpc) is 3.00. The Morgan fingerprint density at radius 1 is 1.00 bits per heavy atom. The van der Waals surface area contributed by atoms with E-state index in [2.05, 4.69) is 0 Å². The Kier molecular flexibility index (Phi) is 4.18. The van der Waals surface area contributed by atoms with Crippen LogP contribution in [0.25, 0.3) is 0 Å². The van der Waals surface area contributed by atoms with Gasteiger partial charge in [0.1, 0.15) is 11.6 Å². The normalized spacial score (nSPS) is 17.7. The van der Waals surface area contributed by atoms with Crippen molar-refractivity contribution in [3.63, 3.8) is 0 Å². The highest BCUT2D eigenvalue weighted by atomic mass is 19.1. The van der Waals surface area contributed by atoms with E-state index in [1.165, 1.54) is 24.3 Å². The number of hydrogen-bond donors (Lipinski definition) is 0. The van der Waals surface area contributed by atoms with Crippen molar-refractivity contribution in [2.24, 2.45) is 0 Å². The number of likely N-dealkylation sites (tertiary alicyclic amines) is 1. The molecular formula is C18H17F2NO. The van der Waals surface area contributed by atoms with E-state index >= 15 is 0 Å². The Morgan fingerprint density at radius 3 is 2.23 bits per heavy atom. The second kappa shape index (κ2) is 6.26. The molecule has 4 heteroatoms. The van der Waals surface area contributed by atoms with Crippen molar-refractivity contribution >= 4 is 5.91 Å². The average molecular weight is 301 g/mol. The maximum atomic E-state index is 13.0. The summed E-state index contributed by atoms with van der Waals surface area (Å²) in [5.41, 5.74) is 1.77. The molecule has 0 radical (unpaired) electrons. The van der Waals surface area contributed by atoms with Crippen LogP contribution in [0.4, 0.5) is 8.78 Å². The Hall–Kier alpha value is -2.23. The molecule has 2 aromatic carbocycles. The Balaban J connectivity index is 1.73. The summed E-state index contributed by atoms with van der Waals surface area (Å²) in [6.07, 6.45) is 2.09. The fraction of sp³-hybridized carbons (Fsp3) is 0.278. The fourth-order valence-corrected chi connectivity index (χ4v) is 2.98. The van der Waals surface area contributed by atoms with E-state index in [9.17, 15) is 13.6 Å². The number of hydrogen-bond acceptors (Lipinski definition) is 1. The summed E-state index contributed by atoms with van der Waals surface area (Å²) < 4.78 is 26.0. The second-order valence-electron chi connectivity index (χ2n) is 5.60. The molecule has 0 saturated carbocycles. The first-order chi connectivity index (χ1) is 10.6. The van der Waals surface area contributed by atoms with Gasteiger partial charge >= 0.3 is 0 Å². The van der Waals surface area contributed by atoms with Crippen LogP contribution in [-0.2, 0) is 11.2 Å². The molecule has 0 spiro atoms. The van der Waals surface area contributed by atoms with Gasteiger partial charge in [0.15, 0.2) is 0 Å². The smallest absolute Gasteiger partial charge is 0.227 e. The molecule has 1 amide bonds. The molecule has 0 aliphatic carbocycles. The molecule has 1 aliphatic heterocycles. The monoisotopic (exact) mass is 301 g/mol. The van der Waals surface area contributed by atoms with Gasteiger partial charge in [-0.25, -0.2) is 8.78 Å². The standard InChI is InChI=1S/C18H17F2NO/c19-15-7-3-13(4-8-15)12-18(22)21-11-1-2-17(21)14-5-9-16(20)10-6-14/h3-10,17H,1-2,11-12H2/t17-/m0/s1. The van der Waals surface area contributed by atoms with Crippen LogP contribution in [-0.4, -0.2) is 17.4 Å². The lowest BCUT2D eigenvalue weighted by molar-refractivity contribution is -0.131. The number of carbonyl (C=O) groups excluding carboxylic acids is 1. The summed E-state index contributed by atoms with van der Waals surface area (Å²) in [5.74, 6) is -0.550. The van der Waals surface area contributed by atoms with Crippen LogP contribution in [0.5, 0.6) is 0 Å². The van der Waals surface area contributed by atoms with Crippen molar-refractivity contribution < 1.29 is 13.6 Å². The third-order valence-electron chi connectivity index (χ3n) is 4.10. The van der Waals surface area contributed by atoms with Crippen molar-refractivity contribution in [1.82, 2.24) is 4.90 Å². The maximum Gasteiger partial charge on any atom is 0.227 e. The van der Waals surface area contributed by atoms with Gasteiger partial charge in [0, 0.05) is 6.54 Å². The van der Waals surface area contributed by atoms with Gasteiger partial charge in [0.25, 0.3) is 0 Å². The minimum atomic E-state index is -0.304.